The number of amides is 1. The van der Waals surface area contributed by atoms with Crippen LogP contribution in [0.3, 0.4) is 0 Å². The van der Waals surface area contributed by atoms with E-state index in [1.165, 1.54) is 29.1 Å². The Hall–Kier alpha value is -3.01. The molecule has 2 rings (SSSR count). The average molecular weight is 320 g/mol. The lowest BCUT2D eigenvalue weighted by atomic mass is 10.3. The van der Waals surface area contributed by atoms with E-state index in [0.717, 1.165) is 0 Å². The molecule has 1 amide bonds. The maximum absolute atomic E-state index is 11.3. The van der Waals surface area contributed by atoms with Crippen molar-refractivity contribution < 1.29 is 9.72 Å². The van der Waals surface area contributed by atoms with Crippen molar-refractivity contribution in [3.8, 4) is 0 Å². The van der Waals surface area contributed by atoms with Crippen molar-refractivity contribution in [1.82, 2.24) is 9.78 Å². The fraction of sp³-hybridized carbons (Fsp3) is 0.0833. The number of nitro groups is 1. The van der Waals surface area contributed by atoms with Crippen LogP contribution in [0.5, 0.6) is 0 Å². The number of thiocarbonyl (C=S) groups is 1. The highest BCUT2D eigenvalue weighted by Gasteiger charge is 2.15. The molecule has 114 valence electrons. The van der Waals surface area contributed by atoms with Crippen molar-refractivity contribution in [3.63, 3.8) is 0 Å². The van der Waals surface area contributed by atoms with E-state index >= 15 is 0 Å². The van der Waals surface area contributed by atoms with Gasteiger partial charge in [-0.1, -0.05) is 6.07 Å². The second-order valence-corrected chi connectivity index (χ2v) is 4.69. The molecule has 0 aliphatic heterocycles. The summed E-state index contributed by atoms with van der Waals surface area (Å²) in [5.41, 5.74) is 6.16. The fourth-order valence-electron chi connectivity index (χ4n) is 1.80. The summed E-state index contributed by atoms with van der Waals surface area (Å²) in [6, 6.07) is 5.86. The molecule has 0 bridgehead atoms. The van der Waals surface area contributed by atoms with Gasteiger partial charge in [0.25, 0.3) is 11.6 Å². The third-order valence-corrected chi connectivity index (χ3v) is 2.94. The number of aryl methyl sites for hydroxylation is 1. The minimum atomic E-state index is -0.652. The predicted octanol–water partition coefficient (Wildman–Crippen LogP) is 1.24. The lowest BCUT2D eigenvalue weighted by Crippen LogP contribution is -2.23. The predicted molar refractivity (Wildman–Crippen MR) is 84.7 cm³/mol. The lowest BCUT2D eigenvalue weighted by Gasteiger charge is -2.10. The first-order valence-electron chi connectivity index (χ1n) is 6.02. The molecule has 0 atom stereocenters. The Kier molecular flexibility index (Phi) is 4.32. The maximum Gasteiger partial charge on any atom is 0.271 e. The van der Waals surface area contributed by atoms with Gasteiger partial charge in [-0.05, 0) is 18.3 Å². The van der Waals surface area contributed by atoms with Crippen molar-refractivity contribution in [2.24, 2.45) is 12.8 Å². The zero-order chi connectivity index (χ0) is 16.3. The van der Waals surface area contributed by atoms with Gasteiger partial charge in [0, 0.05) is 24.9 Å². The van der Waals surface area contributed by atoms with Gasteiger partial charge in [0.2, 0.25) is 0 Å². The van der Waals surface area contributed by atoms with Crippen LogP contribution in [0.1, 0.15) is 10.5 Å². The molecule has 0 aliphatic rings. The maximum atomic E-state index is 11.3. The van der Waals surface area contributed by atoms with E-state index in [0.29, 0.717) is 11.4 Å². The summed E-state index contributed by atoms with van der Waals surface area (Å²) in [5, 5.41) is 20.3. The van der Waals surface area contributed by atoms with Crippen LogP contribution in [-0.2, 0) is 7.05 Å². The average Bonchev–Trinajstić information content (AvgIpc) is 2.79. The summed E-state index contributed by atoms with van der Waals surface area (Å²) in [4.78, 5) is 21.6. The Morgan fingerprint density at radius 1 is 1.45 bits per heavy atom. The number of primary amides is 1. The van der Waals surface area contributed by atoms with Crippen LogP contribution in [0.15, 0.2) is 30.5 Å². The lowest BCUT2D eigenvalue weighted by molar-refractivity contribution is -0.384. The number of anilines is 2. The topological polar surface area (TPSA) is 128 Å². The van der Waals surface area contributed by atoms with Gasteiger partial charge in [-0.15, -0.1) is 0 Å². The molecule has 1 heterocycles. The molecule has 0 radical (unpaired) electrons. The normalized spacial score (nSPS) is 10.0. The van der Waals surface area contributed by atoms with E-state index in [2.05, 4.69) is 15.7 Å². The number of nitro benzene ring substituents is 1. The molecular formula is C12H12N6O3S. The van der Waals surface area contributed by atoms with Gasteiger partial charge in [-0.3, -0.25) is 19.6 Å². The Balaban J connectivity index is 2.12. The smallest absolute Gasteiger partial charge is 0.271 e. The van der Waals surface area contributed by atoms with E-state index in [9.17, 15) is 14.9 Å². The first kappa shape index (κ1) is 15.4. The number of rotatable bonds is 4. The van der Waals surface area contributed by atoms with Crippen molar-refractivity contribution in [2.45, 2.75) is 0 Å². The highest BCUT2D eigenvalue weighted by Crippen LogP contribution is 2.18. The molecule has 0 unspecified atom stereocenters. The summed E-state index contributed by atoms with van der Waals surface area (Å²) >= 11 is 5.10. The van der Waals surface area contributed by atoms with Crippen LogP contribution in [0.25, 0.3) is 0 Å². The largest absolute Gasteiger partial charge is 0.364 e. The fourth-order valence-corrected chi connectivity index (χ4v) is 2.03. The van der Waals surface area contributed by atoms with Crippen LogP contribution >= 0.6 is 12.2 Å². The SMILES string of the molecule is Cn1ncc(NC(=S)Nc2cccc([N+](=O)[O-])c2)c1C(N)=O. The molecular weight excluding hydrogens is 308 g/mol. The molecule has 9 nitrogen and oxygen atoms in total. The van der Waals surface area contributed by atoms with Crippen LogP contribution in [-0.4, -0.2) is 25.7 Å². The summed E-state index contributed by atoms with van der Waals surface area (Å²) in [7, 11) is 1.57. The highest BCUT2D eigenvalue weighted by atomic mass is 32.1. The Morgan fingerprint density at radius 3 is 2.82 bits per heavy atom. The summed E-state index contributed by atoms with van der Waals surface area (Å²) in [6.07, 6.45) is 1.40. The van der Waals surface area contributed by atoms with Gasteiger partial charge in [-0.2, -0.15) is 5.10 Å². The van der Waals surface area contributed by atoms with Crippen molar-refractivity contribution >= 4 is 40.3 Å². The molecule has 4 N–H and O–H groups in total. The van der Waals surface area contributed by atoms with E-state index < -0.39 is 10.8 Å². The van der Waals surface area contributed by atoms with Gasteiger partial charge in [0.15, 0.2) is 5.11 Å². The molecule has 1 aromatic heterocycles. The van der Waals surface area contributed by atoms with E-state index in [-0.39, 0.29) is 16.5 Å². The first-order chi connectivity index (χ1) is 10.4. The number of nitrogens with zero attached hydrogens (tertiary/aromatic N) is 3. The summed E-state index contributed by atoms with van der Waals surface area (Å²) in [5.74, 6) is -0.652. The Bertz CT molecular complexity index is 757. The summed E-state index contributed by atoms with van der Waals surface area (Å²) < 4.78 is 1.32. The third-order valence-electron chi connectivity index (χ3n) is 2.74. The van der Waals surface area contributed by atoms with Gasteiger partial charge in [-0.25, -0.2) is 0 Å². The zero-order valence-corrected chi connectivity index (χ0v) is 12.3. The number of non-ortho nitro benzene ring substituents is 1. The zero-order valence-electron chi connectivity index (χ0n) is 11.4. The van der Waals surface area contributed by atoms with E-state index in [1.807, 2.05) is 0 Å². The number of aromatic nitrogens is 2. The van der Waals surface area contributed by atoms with Gasteiger partial charge in [0.05, 0.1) is 16.8 Å². The van der Waals surface area contributed by atoms with Crippen LogP contribution in [0.4, 0.5) is 17.1 Å². The van der Waals surface area contributed by atoms with Gasteiger partial charge >= 0.3 is 0 Å². The van der Waals surface area contributed by atoms with E-state index in [1.54, 1.807) is 13.1 Å². The molecule has 22 heavy (non-hydrogen) atoms. The Morgan fingerprint density at radius 2 is 2.18 bits per heavy atom. The first-order valence-corrected chi connectivity index (χ1v) is 6.43. The number of carbonyl (C=O) groups excluding carboxylic acids is 1. The molecule has 0 fully saturated rings. The van der Waals surface area contributed by atoms with Gasteiger partial charge in [0.1, 0.15) is 5.69 Å². The van der Waals surface area contributed by atoms with Crippen molar-refractivity contribution in [3.05, 3.63) is 46.3 Å². The second kappa shape index (κ2) is 6.18. The number of nitrogens with one attached hydrogen (secondary N) is 2. The highest BCUT2D eigenvalue weighted by molar-refractivity contribution is 7.80. The number of carbonyl (C=O) groups is 1. The number of hydrogen-bond acceptors (Lipinski definition) is 5. The molecule has 1 aromatic carbocycles. The standard InChI is InChI=1S/C12H12N6O3S/c1-17-10(11(13)19)9(6-14-17)16-12(22)15-7-3-2-4-8(5-7)18(20)21/h2-6H,1H3,(H2,13,19)(H2,15,16,22). The molecule has 2 aromatic rings. The summed E-state index contributed by atoms with van der Waals surface area (Å²) in [6.45, 7) is 0. The van der Waals surface area contributed by atoms with E-state index in [4.69, 9.17) is 18.0 Å². The van der Waals surface area contributed by atoms with Crippen LogP contribution in [0.2, 0.25) is 0 Å². The molecule has 10 heteroatoms. The molecule has 0 aliphatic carbocycles. The quantitative estimate of drug-likeness (QED) is 0.439. The molecule has 0 saturated heterocycles. The Labute approximate surface area is 130 Å². The molecule has 0 saturated carbocycles. The minimum Gasteiger partial charge on any atom is -0.364 e. The van der Waals surface area contributed by atoms with Crippen molar-refractivity contribution in [2.75, 3.05) is 10.6 Å². The monoisotopic (exact) mass is 320 g/mol. The van der Waals surface area contributed by atoms with Gasteiger partial charge < -0.3 is 16.4 Å². The number of nitrogens with two attached hydrogens (primary N) is 1. The van der Waals surface area contributed by atoms with Crippen LogP contribution < -0.4 is 16.4 Å². The van der Waals surface area contributed by atoms with Crippen LogP contribution in [0, 0.1) is 10.1 Å². The number of benzene rings is 1. The van der Waals surface area contributed by atoms with Crippen molar-refractivity contribution in [1.29, 1.82) is 0 Å². The third kappa shape index (κ3) is 3.35. The molecule has 0 spiro atoms. The number of hydrogen-bond donors (Lipinski definition) is 3. The second-order valence-electron chi connectivity index (χ2n) is 4.28. The minimum absolute atomic E-state index is 0.0630.